The number of ether oxygens (including phenoxy) is 1. The number of carbonyl (C=O) groups is 2. The Kier molecular flexibility index (Phi) is 2.21. The zero-order valence-corrected chi connectivity index (χ0v) is 8.01. The number of pyridine rings is 1. The van der Waals surface area contributed by atoms with Gasteiger partial charge in [-0.15, -0.1) is 0 Å². The van der Waals surface area contributed by atoms with Crippen molar-refractivity contribution in [3.63, 3.8) is 0 Å². The Morgan fingerprint density at radius 3 is 3.07 bits per heavy atom. The van der Waals surface area contributed by atoms with Gasteiger partial charge in [0.15, 0.2) is 6.29 Å². The lowest BCUT2D eigenvalue weighted by Gasteiger charge is -1.98. The first kappa shape index (κ1) is 9.39. The van der Waals surface area contributed by atoms with E-state index in [-0.39, 0.29) is 0 Å². The number of esters is 1. The molecule has 5 heteroatoms. The minimum absolute atomic E-state index is 0.331. The molecule has 2 heterocycles. The van der Waals surface area contributed by atoms with Crippen LogP contribution in [0.5, 0.6) is 0 Å². The average Bonchev–Trinajstić information content (AvgIpc) is 2.69. The molecule has 2 aromatic heterocycles. The molecule has 2 aromatic rings. The highest BCUT2D eigenvalue weighted by Gasteiger charge is 2.07. The maximum Gasteiger partial charge on any atom is 0.338 e. The first-order valence-electron chi connectivity index (χ1n) is 4.27. The second kappa shape index (κ2) is 3.53. The third-order valence-electron chi connectivity index (χ3n) is 2.02. The second-order valence-electron chi connectivity index (χ2n) is 2.96. The Hall–Kier alpha value is -2.17. The molecule has 0 aromatic carbocycles. The van der Waals surface area contributed by atoms with Gasteiger partial charge >= 0.3 is 5.97 Å². The number of nitrogens with zero attached hydrogens (tertiary/aromatic N) is 2. The number of carbonyl (C=O) groups excluding carboxylic acids is 2. The van der Waals surface area contributed by atoms with E-state index in [0.717, 1.165) is 0 Å². The van der Waals surface area contributed by atoms with Crippen molar-refractivity contribution in [2.24, 2.45) is 0 Å². The van der Waals surface area contributed by atoms with Crippen molar-refractivity contribution in [2.45, 2.75) is 0 Å². The number of rotatable bonds is 2. The number of hydrogen-bond acceptors (Lipinski definition) is 4. The first-order chi connectivity index (χ1) is 7.24. The van der Waals surface area contributed by atoms with Crippen molar-refractivity contribution < 1.29 is 14.3 Å². The summed E-state index contributed by atoms with van der Waals surface area (Å²) < 4.78 is 6.24. The van der Waals surface area contributed by atoms with Gasteiger partial charge in [-0.1, -0.05) is 0 Å². The van der Waals surface area contributed by atoms with Crippen LogP contribution in [0, 0.1) is 0 Å². The first-order valence-corrected chi connectivity index (χ1v) is 4.27. The number of hydrogen-bond donors (Lipinski definition) is 0. The molecule has 5 nitrogen and oxygen atoms in total. The maximum absolute atomic E-state index is 11.2. The summed E-state index contributed by atoms with van der Waals surface area (Å²) in [7, 11) is 1.31. The Labute approximate surface area is 85.3 Å². The summed E-state index contributed by atoms with van der Waals surface area (Å²) in [6, 6.07) is 3.17. The standard InChI is InChI=1S/C10H8N2O3/c1-15-10(14)7-2-3-12-5-8(6-13)11-9(12)4-7/h2-6H,1H3. The Bertz CT molecular complexity index is 530. The number of aromatic nitrogens is 2. The molecule has 0 unspecified atom stereocenters. The lowest BCUT2D eigenvalue weighted by Crippen LogP contribution is -2.01. The van der Waals surface area contributed by atoms with E-state index in [0.29, 0.717) is 23.2 Å². The molecule has 0 N–H and O–H groups in total. The monoisotopic (exact) mass is 204 g/mol. The Balaban J connectivity index is 2.55. The third-order valence-corrected chi connectivity index (χ3v) is 2.02. The van der Waals surface area contributed by atoms with Crippen LogP contribution >= 0.6 is 0 Å². The van der Waals surface area contributed by atoms with Crippen LogP contribution in [0.2, 0.25) is 0 Å². The van der Waals surface area contributed by atoms with Crippen LogP contribution in [0.4, 0.5) is 0 Å². The molecule has 0 atom stereocenters. The molecule has 0 spiro atoms. The van der Waals surface area contributed by atoms with Gasteiger partial charge in [0, 0.05) is 12.4 Å². The van der Waals surface area contributed by atoms with Crippen LogP contribution in [0.1, 0.15) is 20.8 Å². The molecule has 0 bridgehead atoms. The fraction of sp³-hybridized carbons (Fsp3) is 0.100. The minimum Gasteiger partial charge on any atom is -0.465 e. The molecule has 0 radical (unpaired) electrons. The number of imidazole rings is 1. The maximum atomic E-state index is 11.2. The summed E-state index contributed by atoms with van der Waals surface area (Å²) in [5.41, 5.74) is 1.28. The van der Waals surface area contributed by atoms with Crippen LogP contribution in [-0.4, -0.2) is 28.7 Å². The van der Waals surface area contributed by atoms with Crippen LogP contribution in [0.3, 0.4) is 0 Å². The van der Waals surface area contributed by atoms with Crippen LogP contribution < -0.4 is 0 Å². The average molecular weight is 204 g/mol. The predicted molar refractivity (Wildman–Crippen MR) is 51.9 cm³/mol. The summed E-state index contributed by atoms with van der Waals surface area (Å²) >= 11 is 0. The van der Waals surface area contributed by atoms with E-state index in [2.05, 4.69) is 9.72 Å². The Morgan fingerprint density at radius 1 is 1.60 bits per heavy atom. The van der Waals surface area contributed by atoms with Crippen LogP contribution in [0.15, 0.2) is 24.5 Å². The quantitative estimate of drug-likeness (QED) is 0.539. The van der Waals surface area contributed by atoms with E-state index in [9.17, 15) is 9.59 Å². The largest absolute Gasteiger partial charge is 0.465 e. The van der Waals surface area contributed by atoms with E-state index in [1.54, 1.807) is 28.9 Å². The topological polar surface area (TPSA) is 60.7 Å². The predicted octanol–water partition coefficient (Wildman–Crippen LogP) is 0.933. The van der Waals surface area contributed by atoms with Gasteiger partial charge in [0.2, 0.25) is 0 Å². The molecule has 2 rings (SSSR count). The lowest BCUT2D eigenvalue weighted by molar-refractivity contribution is 0.0600. The van der Waals surface area contributed by atoms with Gasteiger partial charge in [-0.2, -0.15) is 0 Å². The van der Waals surface area contributed by atoms with Crippen molar-refractivity contribution in [3.8, 4) is 0 Å². The molecule has 0 aliphatic rings. The highest BCUT2D eigenvalue weighted by Crippen LogP contribution is 2.08. The smallest absolute Gasteiger partial charge is 0.338 e. The third kappa shape index (κ3) is 1.59. The van der Waals surface area contributed by atoms with E-state index < -0.39 is 5.97 Å². The van der Waals surface area contributed by atoms with Gasteiger partial charge in [0.25, 0.3) is 0 Å². The summed E-state index contributed by atoms with van der Waals surface area (Å²) in [6.07, 6.45) is 3.90. The minimum atomic E-state index is -0.423. The molecule has 0 aliphatic carbocycles. The van der Waals surface area contributed by atoms with Crippen molar-refractivity contribution in [1.29, 1.82) is 0 Å². The normalized spacial score (nSPS) is 10.2. The second-order valence-corrected chi connectivity index (χ2v) is 2.96. The van der Waals surface area contributed by atoms with E-state index in [1.165, 1.54) is 7.11 Å². The SMILES string of the molecule is COC(=O)c1ccn2cc(C=O)nc2c1. The van der Waals surface area contributed by atoms with E-state index in [1.807, 2.05) is 0 Å². The fourth-order valence-corrected chi connectivity index (χ4v) is 1.30. The zero-order valence-electron chi connectivity index (χ0n) is 8.01. The molecule has 0 amide bonds. The van der Waals surface area contributed by atoms with Gasteiger partial charge in [-0.05, 0) is 12.1 Å². The summed E-state index contributed by atoms with van der Waals surface area (Å²) in [6.45, 7) is 0. The van der Waals surface area contributed by atoms with Crippen LogP contribution in [-0.2, 0) is 4.74 Å². The summed E-state index contributed by atoms with van der Waals surface area (Å²) in [5.74, 6) is -0.423. The lowest BCUT2D eigenvalue weighted by atomic mass is 10.3. The highest BCUT2D eigenvalue weighted by molar-refractivity contribution is 5.90. The van der Waals surface area contributed by atoms with Crippen molar-refractivity contribution in [1.82, 2.24) is 9.38 Å². The van der Waals surface area contributed by atoms with Gasteiger partial charge in [-0.25, -0.2) is 9.78 Å². The van der Waals surface area contributed by atoms with Gasteiger partial charge in [0.1, 0.15) is 11.3 Å². The molecule has 15 heavy (non-hydrogen) atoms. The van der Waals surface area contributed by atoms with Gasteiger partial charge in [0.05, 0.1) is 12.7 Å². The number of methoxy groups -OCH3 is 1. The Morgan fingerprint density at radius 2 is 2.40 bits per heavy atom. The van der Waals surface area contributed by atoms with Gasteiger partial charge < -0.3 is 9.14 Å². The van der Waals surface area contributed by atoms with Crippen LogP contribution in [0.25, 0.3) is 5.65 Å². The molecule has 0 saturated heterocycles. The molecule has 0 fully saturated rings. The molecule has 76 valence electrons. The number of aldehydes is 1. The van der Waals surface area contributed by atoms with E-state index >= 15 is 0 Å². The summed E-state index contributed by atoms with van der Waals surface area (Å²) in [5, 5.41) is 0. The fourth-order valence-electron chi connectivity index (χ4n) is 1.30. The molecular weight excluding hydrogens is 196 g/mol. The van der Waals surface area contributed by atoms with Crippen molar-refractivity contribution in [3.05, 3.63) is 35.8 Å². The van der Waals surface area contributed by atoms with Crippen molar-refractivity contribution >= 4 is 17.9 Å². The zero-order chi connectivity index (χ0) is 10.8. The molecular formula is C10H8N2O3. The highest BCUT2D eigenvalue weighted by atomic mass is 16.5. The number of fused-ring (bicyclic) bond motifs is 1. The van der Waals surface area contributed by atoms with Gasteiger partial charge in [-0.3, -0.25) is 4.79 Å². The molecule has 0 aliphatic heterocycles. The van der Waals surface area contributed by atoms with E-state index in [4.69, 9.17) is 0 Å². The molecule has 0 saturated carbocycles. The summed E-state index contributed by atoms with van der Waals surface area (Å²) in [4.78, 5) is 25.7. The van der Waals surface area contributed by atoms with Crippen molar-refractivity contribution in [2.75, 3.05) is 7.11 Å².